The van der Waals surface area contributed by atoms with Gasteiger partial charge in [-0.3, -0.25) is 4.79 Å². The molecule has 0 unspecified atom stereocenters. The van der Waals surface area contributed by atoms with Crippen molar-refractivity contribution < 1.29 is 4.79 Å². The second kappa shape index (κ2) is 5.45. The highest BCUT2D eigenvalue weighted by Crippen LogP contribution is 2.29. The first-order valence-corrected chi connectivity index (χ1v) is 6.81. The van der Waals surface area contributed by atoms with Gasteiger partial charge in [-0.1, -0.05) is 11.8 Å². The predicted octanol–water partition coefficient (Wildman–Crippen LogP) is 3.63. The van der Waals surface area contributed by atoms with Crippen LogP contribution in [0.3, 0.4) is 0 Å². The maximum Gasteiger partial charge on any atom is 0.161 e. The van der Waals surface area contributed by atoms with Crippen molar-refractivity contribution in [2.75, 3.05) is 5.73 Å². The molecule has 2 N–H and O–H groups in total. The summed E-state index contributed by atoms with van der Waals surface area (Å²) < 4.78 is 0. The number of carbonyl (C=O) groups excluding carboxylic acids is 1. The number of benzene rings is 1. The third kappa shape index (κ3) is 3.35. The third-order valence-corrected chi connectivity index (χ3v) is 3.61. The Kier molecular flexibility index (Phi) is 3.90. The summed E-state index contributed by atoms with van der Waals surface area (Å²) in [6.45, 7) is 5.54. The van der Waals surface area contributed by atoms with Crippen molar-refractivity contribution in [1.82, 2.24) is 4.98 Å². The van der Waals surface area contributed by atoms with Gasteiger partial charge in [0.2, 0.25) is 0 Å². The third-order valence-electron chi connectivity index (χ3n) is 2.70. The van der Waals surface area contributed by atoms with Crippen LogP contribution in [0.2, 0.25) is 0 Å². The van der Waals surface area contributed by atoms with Gasteiger partial charge in [-0.25, -0.2) is 4.98 Å². The highest BCUT2D eigenvalue weighted by atomic mass is 32.2. The number of nitrogen functional groups attached to an aromatic ring is 1. The minimum Gasteiger partial charge on any atom is -0.398 e. The molecule has 3 nitrogen and oxygen atoms in total. The molecule has 98 valence electrons. The van der Waals surface area contributed by atoms with Crippen molar-refractivity contribution in [3.05, 3.63) is 47.2 Å². The lowest BCUT2D eigenvalue weighted by atomic mass is 10.1. The van der Waals surface area contributed by atoms with E-state index in [1.807, 2.05) is 38.1 Å². The maximum absolute atomic E-state index is 11.5. The Morgan fingerprint density at radius 1 is 1.21 bits per heavy atom. The van der Waals surface area contributed by atoms with Crippen LogP contribution in [0.15, 0.2) is 40.3 Å². The number of ketones is 1. The Morgan fingerprint density at radius 3 is 2.58 bits per heavy atom. The minimum atomic E-state index is -0.0201. The molecule has 0 spiro atoms. The van der Waals surface area contributed by atoms with Crippen LogP contribution in [0.5, 0.6) is 0 Å². The van der Waals surface area contributed by atoms with Crippen molar-refractivity contribution in [2.24, 2.45) is 0 Å². The maximum atomic E-state index is 11.5. The lowest BCUT2D eigenvalue weighted by Gasteiger charge is -2.07. The molecule has 19 heavy (non-hydrogen) atoms. The van der Waals surface area contributed by atoms with E-state index in [9.17, 15) is 4.79 Å². The summed E-state index contributed by atoms with van der Waals surface area (Å²) in [5.74, 6) is -0.0201. The van der Waals surface area contributed by atoms with Gasteiger partial charge in [0.15, 0.2) is 5.78 Å². The number of hydrogen-bond acceptors (Lipinski definition) is 4. The van der Waals surface area contributed by atoms with Crippen LogP contribution in [0.1, 0.15) is 28.5 Å². The molecule has 0 aliphatic heterocycles. The number of carbonyl (C=O) groups is 1. The van der Waals surface area contributed by atoms with Gasteiger partial charge in [-0.15, -0.1) is 0 Å². The SMILES string of the molecule is CC(=O)c1cc(Sc2cc(C)cc(C)n2)ccc1N. The lowest BCUT2D eigenvalue weighted by Crippen LogP contribution is -1.99. The van der Waals surface area contributed by atoms with E-state index in [-0.39, 0.29) is 5.78 Å². The molecule has 1 aromatic carbocycles. The second-order valence-electron chi connectivity index (χ2n) is 4.53. The van der Waals surface area contributed by atoms with Crippen LogP contribution < -0.4 is 5.73 Å². The summed E-state index contributed by atoms with van der Waals surface area (Å²) in [6, 6.07) is 9.56. The molecule has 0 radical (unpaired) electrons. The van der Waals surface area contributed by atoms with Crippen molar-refractivity contribution >= 4 is 23.2 Å². The Hall–Kier alpha value is -1.81. The number of pyridine rings is 1. The van der Waals surface area contributed by atoms with Crippen LogP contribution in [-0.4, -0.2) is 10.8 Å². The Labute approximate surface area is 117 Å². The van der Waals surface area contributed by atoms with E-state index in [2.05, 4.69) is 4.98 Å². The molecule has 0 atom stereocenters. The van der Waals surface area contributed by atoms with E-state index in [0.717, 1.165) is 15.6 Å². The molecule has 1 heterocycles. The first-order valence-electron chi connectivity index (χ1n) is 5.99. The Morgan fingerprint density at radius 2 is 1.95 bits per heavy atom. The molecule has 0 fully saturated rings. The van der Waals surface area contributed by atoms with Crippen LogP contribution in [0.25, 0.3) is 0 Å². The van der Waals surface area contributed by atoms with Gasteiger partial charge >= 0.3 is 0 Å². The number of hydrogen-bond donors (Lipinski definition) is 1. The largest absolute Gasteiger partial charge is 0.398 e. The number of aromatic nitrogens is 1. The molecule has 2 aromatic rings. The zero-order valence-corrected chi connectivity index (χ0v) is 12.0. The minimum absolute atomic E-state index is 0.0201. The fourth-order valence-electron chi connectivity index (χ4n) is 1.88. The van der Waals surface area contributed by atoms with E-state index in [1.165, 1.54) is 24.2 Å². The molecule has 0 amide bonds. The fraction of sp³-hybridized carbons (Fsp3) is 0.200. The molecular formula is C15H16N2OS. The van der Waals surface area contributed by atoms with Crippen LogP contribution in [-0.2, 0) is 0 Å². The van der Waals surface area contributed by atoms with E-state index in [4.69, 9.17) is 5.73 Å². The van der Waals surface area contributed by atoms with E-state index in [1.54, 1.807) is 6.07 Å². The lowest BCUT2D eigenvalue weighted by molar-refractivity contribution is 0.101. The van der Waals surface area contributed by atoms with Crippen molar-refractivity contribution in [3.8, 4) is 0 Å². The highest BCUT2D eigenvalue weighted by molar-refractivity contribution is 7.99. The highest BCUT2D eigenvalue weighted by Gasteiger charge is 2.07. The van der Waals surface area contributed by atoms with Crippen LogP contribution in [0, 0.1) is 13.8 Å². The molecule has 0 saturated carbocycles. The molecule has 1 aromatic heterocycles. The normalized spacial score (nSPS) is 10.5. The average molecular weight is 272 g/mol. The van der Waals surface area contributed by atoms with E-state index < -0.39 is 0 Å². The molecule has 0 saturated heterocycles. The number of nitrogens with two attached hydrogens (primary N) is 1. The zero-order valence-electron chi connectivity index (χ0n) is 11.2. The number of rotatable bonds is 3. The summed E-state index contributed by atoms with van der Waals surface area (Å²) in [6.07, 6.45) is 0. The van der Waals surface area contributed by atoms with Gasteiger partial charge in [0, 0.05) is 21.8 Å². The first-order chi connectivity index (χ1) is 8.95. The Bertz CT molecular complexity index is 618. The monoisotopic (exact) mass is 272 g/mol. The number of anilines is 1. The van der Waals surface area contributed by atoms with Gasteiger partial charge in [0.25, 0.3) is 0 Å². The average Bonchev–Trinajstić information content (AvgIpc) is 2.30. The van der Waals surface area contributed by atoms with Gasteiger partial charge in [-0.2, -0.15) is 0 Å². The predicted molar refractivity (Wildman–Crippen MR) is 78.7 cm³/mol. The Balaban J connectivity index is 2.33. The van der Waals surface area contributed by atoms with Gasteiger partial charge < -0.3 is 5.73 Å². The summed E-state index contributed by atoms with van der Waals surface area (Å²) in [4.78, 5) is 16.9. The van der Waals surface area contributed by atoms with Gasteiger partial charge in [-0.05, 0) is 56.7 Å². The van der Waals surface area contributed by atoms with Crippen LogP contribution in [0.4, 0.5) is 5.69 Å². The van der Waals surface area contributed by atoms with Crippen molar-refractivity contribution in [2.45, 2.75) is 30.7 Å². The first kappa shape index (κ1) is 13.6. The summed E-state index contributed by atoms with van der Waals surface area (Å²) in [7, 11) is 0. The molecule has 2 rings (SSSR count). The molecule has 4 heteroatoms. The molecule has 0 aliphatic rings. The second-order valence-corrected chi connectivity index (χ2v) is 5.63. The fourth-order valence-corrected chi connectivity index (χ4v) is 2.87. The topological polar surface area (TPSA) is 56.0 Å². The standard InChI is InChI=1S/C15H16N2OS/c1-9-6-10(2)17-15(7-9)19-12-4-5-14(16)13(8-12)11(3)18/h4-8H,16H2,1-3H3. The smallest absolute Gasteiger partial charge is 0.161 e. The summed E-state index contributed by atoms with van der Waals surface area (Å²) in [5, 5.41) is 0.928. The van der Waals surface area contributed by atoms with Gasteiger partial charge in [0.1, 0.15) is 5.03 Å². The number of Topliss-reactive ketones (excluding diaryl/α,β-unsaturated/α-hetero) is 1. The van der Waals surface area contributed by atoms with Crippen molar-refractivity contribution in [1.29, 1.82) is 0 Å². The van der Waals surface area contributed by atoms with E-state index >= 15 is 0 Å². The van der Waals surface area contributed by atoms with E-state index in [0.29, 0.717) is 11.3 Å². The summed E-state index contributed by atoms with van der Waals surface area (Å²) >= 11 is 1.54. The molecular weight excluding hydrogens is 256 g/mol. The zero-order chi connectivity index (χ0) is 14.0. The molecule has 0 bridgehead atoms. The van der Waals surface area contributed by atoms with Gasteiger partial charge in [0.05, 0.1) is 0 Å². The van der Waals surface area contributed by atoms with Crippen LogP contribution >= 0.6 is 11.8 Å². The number of nitrogens with zero attached hydrogens (tertiary/aromatic N) is 1. The van der Waals surface area contributed by atoms with Crippen molar-refractivity contribution in [3.63, 3.8) is 0 Å². The quantitative estimate of drug-likeness (QED) is 0.684. The summed E-state index contributed by atoms with van der Waals surface area (Å²) in [5.41, 5.74) is 9.04. The number of aryl methyl sites for hydroxylation is 2. The molecule has 0 aliphatic carbocycles.